The Morgan fingerprint density at radius 2 is 1.17 bits per heavy atom. The molecular formula is C22H22Li. The van der Waals surface area contributed by atoms with Crippen molar-refractivity contribution in [2.24, 2.45) is 5.92 Å². The minimum absolute atomic E-state index is 0. The van der Waals surface area contributed by atoms with Crippen LogP contribution in [-0.2, 0) is 0 Å². The van der Waals surface area contributed by atoms with E-state index < -0.39 is 0 Å². The summed E-state index contributed by atoms with van der Waals surface area (Å²) >= 11 is 0. The minimum Gasteiger partial charge on any atom is -0.0761 e. The van der Waals surface area contributed by atoms with E-state index in [4.69, 9.17) is 0 Å². The molecule has 0 heterocycles. The number of aryl methyl sites for hydroxylation is 2. The summed E-state index contributed by atoms with van der Waals surface area (Å²) in [4.78, 5) is 0. The van der Waals surface area contributed by atoms with Crippen molar-refractivity contribution >= 4 is 31.0 Å². The molecule has 1 radical (unpaired) electrons. The quantitative estimate of drug-likeness (QED) is 0.643. The maximum atomic E-state index is 2.41. The maximum Gasteiger partial charge on any atom is 0.00618 e. The predicted octanol–water partition coefficient (Wildman–Crippen LogP) is 5.48. The monoisotopic (exact) mass is 293 g/mol. The van der Waals surface area contributed by atoms with Crippen LogP contribution in [0.25, 0.3) is 12.2 Å². The molecule has 0 fully saturated rings. The van der Waals surface area contributed by atoms with Gasteiger partial charge < -0.3 is 0 Å². The van der Waals surface area contributed by atoms with Gasteiger partial charge in [0.15, 0.2) is 0 Å². The number of fused-ring (bicyclic) bond motifs is 2. The van der Waals surface area contributed by atoms with Crippen molar-refractivity contribution in [3.05, 3.63) is 81.9 Å². The van der Waals surface area contributed by atoms with Gasteiger partial charge in [0.05, 0.1) is 0 Å². The summed E-state index contributed by atoms with van der Waals surface area (Å²) in [6.45, 7) is 6.83. The van der Waals surface area contributed by atoms with Crippen LogP contribution in [0.2, 0.25) is 0 Å². The van der Waals surface area contributed by atoms with E-state index in [2.05, 4.69) is 81.5 Å². The van der Waals surface area contributed by atoms with Gasteiger partial charge in [-0.25, -0.2) is 0 Å². The van der Waals surface area contributed by atoms with Crippen LogP contribution >= 0.6 is 0 Å². The third-order valence-electron chi connectivity index (χ3n) is 5.51. The first-order chi connectivity index (χ1) is 10.7. The normalized spacial score (nSPS) is 21.7. The summed E-state index contributed by atoms with van der Waals surface area (Å²) in [5.41, 5.74) is 8.66. The molecule has 0 saturated heterocycles. The van der Waals surface area contributed by atoms with Gasteiger partial charge in [-0.3, -0.25) is 0 Å². The summed E-state index contributed by atoms with van der Waals surface area (Å²) < 4.78 is 0. The van der Waals surface area contributed by atoms with Gasteiger partial charge >= 0.3 is 0 Å². The summed E-state index contributed by atoms with van der Waals surface area (Å²) in [6, 6.07) is 13.4. The summed E-state index contributed by atoms with van der Waals surface area (Å²) in [7, 11) is 0. The zero-order chi connectivity index (χ0) is 15.3. The van der Waals surface area contributed by atoms with Gasteiger partial charge in [0.1, 0.15) is 0 Å². The molecule has 23 heavy (non-hydrogen) atoms. The van der Waals surface area contributed by atoms with Crippen LogP contribution in [-0.4, -0.2) is 18.9 Å². The molecule has 0 aliphatic heterocycles. The average molecular weight is 293 g/mol. The number of allylic oxidation sites excluding steroid dienone is 2. The molecule has 0 N–H and O–H groups in total. The van der Waals surface area contributed by atoms with Gasteiger partial charge in [-0.05, 0) is 53.1 Å². The standard InChI is InChI=1S/C22H22.Li/c1-14-6-4-8-21-17(14)10-12-19(21)16(3)20-13-11-18-15(2)7-5-9-22(18)20;/h4-13,16,19-20H,1-3H3;. The number of rotatable bonds is 2. The summed E-state index contributed by atoms with van der Waals surface area (Å²) in [5.74, 6) is 1.63. The van der Waals surface area contributed by atoms with Crippen LogP contribution in [0.15, 0.2) is 48.6 Å². The number of benzene rings is 2. The molecule has 4 rings (SSSR count). The Morgan fingerprint density at radius 3 is 1.61 bits per heavy atom. The van der Waals surface area contributed by atoms with Crippen molar-refractivity contribution in [2.45, 2.75) is 32.6 Å². The fraction of sp³-hybridized carbons (Fsp3) is 0.273. The second-order valence-corrected chi connectivity index (χ2v) is 6.78. The second-order valence-electron chi connectivity index (χ2n) is 6.78. The molecule has 2 atom stereocenters. The molecule has 0 spiro atoms. The van der Waals surface area contributed by atoms with Gasteiger partial charge in [0.25, 0.3) is 0 Å². The Kier molecular flexibility index (Phi) is 4.41. The Labute approximate surface area is 151 Å². The van der Waals surface area contributed by atoms with Crippen LogP contribution < -0.4 is 0 Å². The summed E-state index contributed by atoms with van der Waals surface area (Å²) in [5, 5.41) is 0. The maximum absolute atomic E-state index is 2.41. The Morgan fingerprint density at radius 1 is 0.739 bits per heavy atom. The van der Waals surface area contributed by atoms with Crippen molar-refractivity contribution in [3.8, 4) is 0 Å². The molecular weight excluding hydrogens is 271 g/mol. The minimum atomic E-state index is 0. The molecule has 2 aromatic rings. The van der Waals surface area contributed by atoms with Crippen LogP contribution in [0.1, 0.15) is 52.1 Å². The fourth-order valence-corrected chi connectivity index (χ4v) is 4.19. The van der Waals surface area contributed by atoms with E-state index in [1.165, 1.54) is 33.4 Å². The molecule has 1 heteroatoms. The van der Waals surface area contributed by atoms with Gasteiger partial charge in [-0.15, -0.1) is 0 Å². The molecule has 2 aliphatic carbocycles. The third-order valence-corrected chi connectivity index (χ3v) is 5.51. The SMILES string of the molecule is Cc1cccc2c1C=CC2C(C)C1C=Cc2c(C)cccc21.[Li]. The zero-order valence-electron chi connectivity index (χ0n) is 14.5. The molecule has 0 bridgehead atoms. The van der Waals surface area contributed by atoms with E-state index in [9.17, 15) is 0 Å². The average Bonchev–Trinajstić information content (AvgIpc) is 3.12. The van der Waals surface area contributed by atoms with Gasteiger partial charge in [0, 0.05) is 30.7 Å². The third kappa shape index (κ3) is 2.55. The molecule has 111 valence electrons. The van der Waals surface area contributed by atoms with Crippen LogP contribution in [0.3, 0.4) is 0 Å². The zero-order valence-corrected chi connectivity index (χ0v) is 14.5. The molecule has 0 amide bonds. The van der Waals surface area contributed by atoms with Crippen molar-refractivity contribution in [3.63, 3.8) is 0 Å². The first kappa shape index (κ1) is 16.4. The topological polar surface area (TPSA) is 0 Å². The van der Waals surface area contributed by atoms with E-state index in [0.717, 1.165) is 0 Å². The fourth-order valence-electron chi connectivity index (χ4n) is 4.19. The van der Waals surface area contributed by atoms with E-state index in [-0.39, 0.29) is 18.9 Å². The van der Waals surface area contributed by atoms with Crippen LogP contribution in [0.4, 0.5) is 0 Å². The first-order valence-electron chi connectivity index (χ1n) is 8.22. The molecule has 2 aliphatic rings. The Hall–Kier alpha value is -1.48. The summed E-state index contributed by atoms with van der Waals surface area (Å²) in [6.07, 6.45) is 9.46. The first-order valence-corrected chi connectivity index (χ1v) is 8.22. The Bertz CT molecular complexity index is 730. The number of hydrogen-bond donors (Lipinski definition) is 0. The van der Waals surface area contributed by atoms with Gasteiger partial charge in [-0.2, -0.15) is 0 Å². The van der Waals surface area contributed by atoms with Gasteiger partial charge in [0.2, 0.25) is 0 Å². The van der Waals surface area contributed by atoms with E-state index in [0.29, 0.717) is 17.8 Å². The van der Waals surface area contributed by atoms with E-state index >= 15 is 0 Å². The largest absolute Gasteiger partial charge is 0.0761 e. The number of hydrogen-bond acceptors (Lipinski definition) is 0. The van der Waals surface area contributed by atoms with Crippen molar-refractivity contribution < 1.29 is 0 Å². The molecule has 2 aromatic carbocycles. The van der Waals surface area contributed by atoms with E-state index in [1.54, 1.807) is 0 Å². The van der Waals surface area contributed by atoms with Crippen molar-refractivity contribution in [1.29, 1.82) is 0 Å². The molecule has 0 saturated carbocycles. The molecule has 0 aromatic heterocycles. The predicted molar refractivity (Wildman–Crippen MR) is 101 cm³/mol. The van der Waals surface area contributed by atoms with Crippen molar-refractivity contribution in [2.75, 3.05) is 0 Å². The van der Waals surface area contributed by atoms with Crippen molar-refractivity contribution in [1.82, 2.24) is 0 Å². The van der Waals surface area contributed by atoms with E-state index in [1.807, 2.05) is 0 Å². The smallest absolute Gasteiger partial charge is 0.00618 e. The van der Waals surface area contributed by atoms with Crippen LogP contribution in [0.5, 0.6) is 0 Å². The molecule has 0 nitrogen and oxygen atoms in total. The Balaban J connectivity index is 0.00000156. The second kappa shape index (κ2) is 6.20. The molecule has 2 unspecified atom stereocenters. The van der Waals surface area contributed by atoms with Gasteiger partial charge in [-0.1, -0.05) is 67.6 Å². The van der Waals surface area contributed by atoms with Crippen LogP contribution in [0, 0.1) is 19.8 Å².